The Bertz CT molecular complexity index is 1240. The second-order valence-electron chi connectivity index (χ2n) is 9.16. The minimum Gasteiger partial charge on any atom is -0.459 e. The lowest BCUT2D eigenvalue weighted by Gasteiger charge is -2.44. The molecule has 9 nitrogen and oxygen atoms in total. The number of benzene rings is 1. The number of hydrogen-bond donors (Lipinski definition) is 1. The van der Waals surface area contributed by atoms with Crippen LogP contribution in [-0.4, -0.2) is 64.0 Å². The summed E-state index contributed by atoms with van der Waals surface area (Å²) < 4.78 is 11.5. The lowest BCUT2D eigenvalue weighted by atomic mass is 9.96. The maximum Gasteiger partial charge on any atom is 0.289 e. The molecular formula is C27H28N4O5. The summed E-state index contributed by atoms with van der Waals surface area (Å²) in [6, 6.07) is 13.5. The van der Waals surface area contributed by atoms with Crippen LogP contribution in [0.3, 0.4) is 0 Å². The van der Waals surface area contributed by atoms with E-state index in [2.05, 4.69) is 10.3 Å². The largest absolute Gasteiger partial charge is 0.459 e. The Labute approximate surface area is 209 Å². The molecular weight excluding hydrogens is 460 g/mol. The van der Waals surface area contributed by atoms with Gasteiger partial charge in [0.15, 0.2) is 5.76 Å². The van der Waals surface area contributed by atoms with E-state index in [9.17, 15) is 14.4 Å². The number of furan rings is 1. The van der Waals surface area contributed by atoms with Crippen molar-refractivity contribution in [3.8, 4) is 0 Å². The summed E-state index contributed by atoms with van der Waals surface area (Å²) >= 11 is 0. The molecule has 0 radical (unpaired) electrons. The molecule has 0 bridgehead atoms. The Hall–Kier alpha value is -3.98. The standard InChI is InChI=1S/C27H28N4O5/c1-19-4-2-5-21(16-19)25(33)31-22(24(32)29-17-20-7-11-28-12-8-20)18-36-27(31)9-13-30(14-10-27)26(34)23-6-3-15-35-23/h2-8,11-12,15-16,22H,9-10,13-14,17-18H2,1H3,(H,29,32)/t22-/m1/s1. The van der Waals surface area contributed by atoms with Crippen LogP contribution >= 0.6 is 0 Å². The van der Waals surface area contributed by atoms with Crippen LogP contribution in [0.15, 0.2) is 71.6 Å². The molecule has 1 atom stereocenters. The first-order valence-corrected chi connectivity index (χ1v) is 12.0. The van der Waals surface area contributed by atoms with E-state index in [0.29, 0.717) is 38.0 Å². The molecule has 4 heterocycles. The van der Waals surface area contributed by atoms with Gasteiger partial charge < -0.3 is 19.4 Å². The maximum absolute atomic E-state index is 13.8. The summed E-state index contributed by atoms with van der Waals surface area (Å²) in [4.78, 5) is 47.2. The van der Waals surface area contributed by atoms with Crippen molar-refractivity contribution in [3.63, 3.8) is 0 Å². The molecule has 0 aliphatic carbocycles. The zero-order valence-electron chi connectivity index (χ0n) is 20.1. The lowest BCUT2D eigenvalue weighted by Crippen LogP contribution is -2.59. The van der Waals surface area contributed by atoms with Crippen molar-refractivity contribution in [2.45, 2.75) is 38.1 Å². The van der Waals surface area contributed by atoms with Crippen LogP contribution in [-0.2, 0) is 16.1 Å². The number of amides is 3. The third-order valence-corrected chi connectivity index (χ3v) is 6.83. The first-order valence-electron chi connectivity index (χ1n) is 12.0. The Morgan fingerprint density at radius 3 is 2.53 bits per heavy atom. The van der Waals surface area contributed by atoms with Crippen molar-refractivity contribution in [2.24, 2.45) is 0 Å². The molecule has 1 spiro atoms. The summed E-state index contributed by atoms with van der Waals surface area (Å²) in [5.74, 6) is -0.458. The van der Waals surface area contributed by atoms with Crippen molar-refractivity contribution < 1.29 is 23.5 Å². The van der Waals surface area contributed by atoms with Gasteiger partial charge >= 0.3 is 0 Å². The average molecular weight is 489 g/mol. The van der Waals surface area contributed by atoms with Crippen LogP contribution in [0.5, 0.6) is 0 Å². The molecule has 186 valence electrons. The lowest BCUT2D eigenvalue weighted by molar-refractivity contribution is -0.128. The zero-order valence-corrected chi connectivity index (χ0v) is 20.1. The normalized spacial score (nSPS) is 18.9. The van der Waals surface area contributed by atoms with E-state index < -0.39 is 11.8 Å². The number of piperidine rings is 1. The molecule has 3 aromatic rings. The molecule has 2 aromatic heterocycles. The van der Waals surface area contributed by atoms with Crippen LogP contribution in [0.25, 0.3) is 0 Å². The monoisotopic (exact) mass is 488 g/mol. The maximum atomic E-state index is 13.8. The van der Waals surface area contributed by atoms with E-state index in [-0.39, 0.29) is 30.1 Å². The highest BCUT2D eigenvalue weighted by Crippen LogP contribution is 2.39. The second kappa shape index (κ2) is 9.94. The first-order chi connectivity index (χ1) is 17.5. The van der Waals surface area contributed by atoms with E-state index in [4.69, 9.17) is 9.15 Å². The van der Waals surface area contributed by atoms with E-state index in [1.807, 2.05) is 37.3 Å². The summed E-state index contributed by atoms with van der Waals surface area (Å²) in [6.07, 6.45) is 5.59. The van der Waals surface area contributed by atoms with Crippen LogP contribution in [0.4, 0.5) is 0 Å². The van der Waals surface area contributed by atoms with Gasteiger partial charge in [-0.25, -0.2) is 0 Å². The Morgan fingerprint density at radius 1 is 1.06 bits per heavy atom. The summed E-state index contributed by atoms with van der Waals surface area (Å²) in [5, 5.41) is 2.94. The molecule has 2 fully saturated rings. The molecule has 2 aliphatic rings. The molecule has 9 heteroatoms. The summed E-state index contributed by atoms with van der Waals surface area (Å²) in [5.41, 5.74) is 1.39. The minimum absolute atomic E-state index is 0.0892. The number of rotatable bonds is 5. The van der Waals surface area contributed by atoms with Gasteiger partial charge in [0.25, 0.3) is 11.8 Å². The Balaban J connectivity index is 1.37. The molecule has 3 amide bonds. The summed E-state index contributed by atoms with van der Waals surface area (Å²) in [6.45, 7) is 3.09. The minimum atomic E-state index is -0.973. The fraction of sp³-hybridized carbons (Fsp3) is 0.333. The van der Waals surface area contributed by atoms with Crippen molar-refractivity contribution in [2.75, 3.05) is 19.7 Å². The average Bonchev–Trinajstić information content (AvgIpc) is 3.57. The van der Waals surface area contributed by atoms with Gasteiger partial charge in [0.1, 0.15) is 11.8 Å². The highest BCUT2D eigenvalue weighted by Gasteiger charge is 2.54. The topological polar surface area (TPSA) is 105 Å². The third kappa shape index (κ3) is 4.61. The molecule has 1 N–H and O–H groups in total. The van der Waals surface area contributed by atoms with Gasteiger partial charge in [0, 0.05) is 50.4 Å². The van der Waals surface area contributed by atoms with Crippen LogP contribution < -0.4 is 5.32 Å². The van der Waals surface area contributed by atoms with Gasteiger partial charge in [-0.15, -0.1) is 0 Å². The fourth-order valence-electron chi connectivity index (χ4n) is 4.91. The van der Waals surface area contributed by atoms with Gasteiger partial charge in [0.05, 0.1) is 12.9 Å². The number of aromatic nitrogens is 1. The molecule has 1 aromatic carbocycles. The van der Waals surface area contributed by atoms with E-state index in [1.165, 1.54) is 6.26 Å². The highest BCUT2D eigenvalue weighted by atomic mass is 16.5. The van der Waals surface area contributed by atoms with Crippen LogP contribution in [0.1, 0.15) is 44.9 Å². The van der Waals surface area contributed by atoms with Crippen molar-refractivity contribution in [1.29, 1.82) is 0 Å². The van der Waals surface area contributed by atoms with Gasteiger partial charge in [-0.05, 0) is 48.9 Å². The molecule has 5 rings (SSSR count). The molecule has 0 unspecified atom stereocenters. The van der Waals surface area contributed by atoms with Crippen LogP contribution in [0, 0.1) is 6.92 Å². The quantitative estimate of drug-likeness (QED) is 0.592. The molecule has 2 aliphatic heterocycles. The predicted molar refractivity (Wildman–Crippen MR) is 130 cm³/mol. The number of carbonyl (C=O) groups is 3. The first kappa shape index (κ1) is 23.7. The number of carbonyl (C=O) groups excluding carboxylic acids is 3. The van der Waals surface area contributed by atoms with Crippen LogP contribution in [0.2, 0.25) is 0 Å². The van der Waals surface area contributed by atoms with Crippen molar-refractivity contribution in [3.05, 3.63) is 89.6 Å². The summed E-state index contributed by atoms with van der Waals surface area (Å²) in [7, 11) is 0. The number of ether oxygens (including phenoxy) is 1. The van der Waals surface area contributed by atoms with E-state index >= 15 is 0 Å². The van der Waals surface area contributed by atoms with Gasteiger partial charge in [-0.3, -0.25) is 24.3 Å². The number of nitrogens with one attached hydrogen (secondary N) is 1. The van der Waals surface area contributed by atoms with Crippen molar-refractivity contribution >= 4 is 17.7 Å². The molecule has 2 saturated heterocycles. The number of pyridine rings is 1. The predicted octanol–water partition coefficient (Wildman–Crippen LogP) is 2.77. The third-order valence-electron chi connectivity index (χ3n) is 6.83. The highest BCUT2D eigenvalue weighted by molar-refractivity contribution is 5.98. The fourth-order valence-corrected chi connectivity index (χ4v) is 4.91. The van der Waals surface area contributed by atoms with Gasteiger partial charge in [-0.1, -0.05) is 17.7 Å². The molecule has 36 heavy (non-hydrogen) atoms. The number of likely N-dealkylation sites (tertiary alicyclic amines) is 1. The smallest absolute Gasteiger partial charge is 0.289 e. The second-order valence-corrected chi connectivity index (χ2v) is 9.16. The zero-order chi connectivity index (χ0) is 25.1. The molecule has 0 saturated carbocycles. The van der Waals surface area contributed by atoms with E-state index in [1.54, 1.807) is 40.4 Å². The van der Waals surface area contributed by atoms with E-state index in [0.717, 1.165) is 11.1 Å². The van der Waals surface area contributed by atoms with Gasteiger partial charge in [-0.2, -0.15) is 0 Å². The number of hydrogen-bond acceptors (Lipinski definition) is 6. The Morgan fingerprint density at radius 2 is 1.83 bits per heavy atom. The number of aryl methyl sites for hydroxylation is 1. The number of nitrogens with zero attached hydrogens (tertiary/aromatic N) is 3. The Kier molecular flexibility index (Phi) is 6.56. The SMILES string of the molecule is Cc1cccc(C(=O)N2[C@@H](C(=O)NCc3ccncc3)COC23CCN(C(=O)c2ccco2)CC3)c1. The van der Waals surface area contributed by atoms with Crippen molar-refractivity contribution in [1.82, 2.24) is 20.1 Å². The van der Waals surface area contributed by atoms with Gasteiger partial charge in [0.2, 0.25) is 5.91 Å².